The topological polar surface area (TPSA) is 34.1 Å². The quantitative estimate of drug-likeness (QED) is 0.871. The van der Waals surface area contributed by atoms with E-state index in [2.05, 4.69) is 10.3 Å². The van der Waals surface area contributed by atoms with E-state index in [-0.39, 0.29) is 6.04 Å². The third kappa shape index (κ3) is 5.04. The van der Waals surface area contributed by atoms with Gasteiger partial charge in [-0.1, -0.05) is 30.3 Å². The molecule has 0 saturated carbocycles. The molecule has 0 saturated heterocycles. The van der Waals surface area contributed by atoms with Gasteiger partial charge in [0.05, 0.1) is 18.8 Å². The largest absolute Gasteiger partial charge is 0.417 e. The lowest BCUT2D eigenvalue weighted by molar-refractivity contribution is -0.137. The molecule has 1 heterocycles. The Morgan fingerprint density at radius 1 is 1.14 bits per heavy atom. The van der Waals surface area contributed by atoms with E-state index in [4.69, 9.17) is 4.74 Å². The second-order valence-electron chi connectivity index (χ2n) is 4.98. The van der Waals surface area contributed by atoms with Crippen molar-refractivity contribution in [2.45, 2.75) is 25.7 Å². The van der Waals surface area contributed by atoms with Gasteiger partial charge in [0.1, 0.15) is 5.82 Å². The molecule has 0 spiro atoms. The summed E-state index contributed by atoms with van der Waals surface area (Å²) in [6, 6.07) is 12.0. The van der Waals surface area contributed by atoms with Crippen LogP contribution in [0.5, 0.6) is 0 Å². The van der Waals surface area contributed by atoms with E-state index < -0.39 is 11.7 Å². The first-order valence-corrected chi connectivity index (χ1v) is 6.86. The first-order valence-electron chi connectivity index (χ1n) is 6.86. The summed E-state index contributed by atoms with van der Waals surface area (Å²) in [6.45, 7) is 2.80. The standard InChI is InChI=1S/C16H17F3N2O/c1-12(10-22-11-13-5-3-2-4-6-13)21-15-8-7-14(9-20-15)16(17,18)19/h2-9,12H,10-11H2,1H3,(H,20,21). The lowest BCUT2D eigenvalue weighted by Gasteiger charge is -2.15. The first kappa shape index (κ1) is 16.3. The smallest absolute Gasteiger partial charge is 0.375 e. The van der Waals surface area contributed by atoms with Crippen LogP contribution in [-0.2, 0) is 17.5 Å². The van der Waals surface area contributed by atoms with E-state index >= 15 is 0 Å². The molecule has 3 nitrogen and oxygen atoms in total. The van der Waals surface area contributed by atoms with Crippen LogP contribution in [0.4, 0.5) is 19.0 Å². The van der Waals surface area contributed by atoms with Gasteiger partial charge in [0.2, 0.25) is 0 Å². The van der Waals surface area contributed by atoms with E-state index in [9.17, 15) is 13.2 Å². The average molecular weight is 310 g/mol. The van der Waals surface area contributed by atoms with Crippen LogP contribution in [-0.4, -0.2) is 17.6 Å². The Morgan fingerprint density at radius 3 is 2.45 bits per heavy atom. The minimum absolute atomic E-state index is 0.0621. The zero-order chi connectivity index (χ0) is 16.0. The summed E-state index contributed by atoms with van der Waals surface area (Å²) in [5, 5.41) is 3.00. The summed E-state index contributed by atoms with van der Waals surface area (Å²) in [4.78, 5) is 3.76. The van der Waals surface area contributed by atoms with E-state index in [1.807, 2.05) is 37.3 Å². The van der Waals surface area contributed by atoms with E-state index in [0.717, 1.165) is 17.8 Å². The van der Waals surface area contributed by atoms with Crippen LogP contribution in [0.3, 0.4) is 0 Å². The first-order chi connectivity index (χ1) is 10.4. The van der Waals surface area contributed by atoms with Gasteiger partial charge in [-0.15, -0.1) is 0 Å². The number of rotatable bonds is 6. The molecule has 2 rings (SSSR count). The molecule has 6 heteroatoms. The Labute approximate surface area is 127 Å². The van der Waals surface area contributed by atoms with Crippen LogP contribution in [0.25, 0.3) is 0 Å². The van der Waals surface area contributed by atoms with Gasteiger partial charge in [-0.25, -0.2) is 4.98 Å². The molecule has 0 aliphatic carbocycles. The highest BCUT2D eigenvalue weighted by Crippen LogP contribution is 2.28. The van der Waals surface area contributed by atoms with Crippen LogP contribution >= 0.6 is 0 Å². The number of nitrogens with zero attached hydrogens (tertiary/aromatic N) is 1. The molecule has 0 aliphatic rings. The predicted octanol–water partition coefficient (Wildman–Crippen LogP) is 4.12. The van der Waals surface area contributed by atoms with Crippen molar-refractivity contribution in [2.24, 2.45) is 0 Å². The molecule has 0 bridgehead atoms. The van der Waals surface area contributed by atoms with Crippen molar-refractivity contribution in [3.63, 3.8) is 0 Å². The summed E-state index contributed by atoms with van der Waals surface area (Å²) >= 11 is 0. The highest BCUT2D eigenvalue weighted by atomic mass is 19.4. The molecule has 1 aromatic heterocycles. The second kappa shape index (κ2) is 7.26. The molecule has 0 fully saturated rings. The second-order valence-corrected chi connectivity index (χ2v) is 4.98. The zero-order valence-electron chi connectivity index (χ0n) is 12.1. The molecule has 0 radical (unpaired) electrons. The van der Waals surface area contributed by atoms with Crippen molar-refractivity contribution in [1.29, 1.82) is 0 Å². The maximum atomic E-state index is 12.4. The molecule has 2 aromatic rings. The van der Waals surface area contributed by atoms with Crippen molar-refractivity contribution in [3.8, 4) is 0 Å². The molecule has 1 unspecified atom stereocenters. The highest BCUT2D eigenvalue weighted by Gasteiger charge is 2.30. The molecule has 0 amide bonds. The number of hydrogen-bond acceptors (Lipinski definition) is 3. The third-order valence-electron chi connectivity index (χ3n) is 2.96. The van der Waals surface area contributed by atoms with Gasteiger partial charge in [0.25, 0.3) is 0 Å². The Morgan fingerprint density at radius 2 is 1.86 bits per heavy atom. The molecular formula is C16H17F3N2O. The van der Waals surface area contributed by atoms with Crippen LogP contribution < -0.4 is 5.32 Å². The Hall–Kier alpha value is -2.08. The fourth-order valence-corrected chi connectivity index (χ4v) is 1.87. The van der Waals surface area contributed by atoms with Gasteiger partial charge in [-0.3, -0.25) is 0 Å². The molecule has 0 aliphatic heterocycles. The molecule has 22 heavy (non-hydrogen) atoms. The van der Waals surface area contributed by atoms with Gasteiger partial charge < -0.3 is 10.1 Å². The predicted molar refractivity (Wildman–Crippen MR) is 78.4 cm³/mol. The van der Waals surface area contributed by atoms with Crippen molar-refractivity contribution >= 4 is 5.82 Å². The normalized spacial score (nSPS) is 12.9. The third-order valence-corrected chi connectivity index (χ3v) is 2.96. The number of pyridine rings is 1. The molecule has 1 N–H and O–H groups in total. The molecule has 1 aromatic carbocycles. The number of hydrogen-bond donors (Lipinski definition) is 1. The Kier molecular flexibility index (Phi) is 5.38. The molecule has 118 valence electrons. The van der Waals surface area contributed by atoms with Crippen molar-refractivity contribution in [3.05, 3.63) is 59.8 Å². The Balaban J connectivity index is 1.78. The molecule has 1 atom stereocenters. The fraction of sp³-hybridized carbons (Fsp3) is 0.312. The summed E-state index contributed by atoms with van der Waals surface area (Å²) in [5.74, 6) is 0.392. The highest BCUT2D eigenvalue weighted by molar-refractivity contribution is 5.37. The lowest BCUT2D eigenvalue weighted by atomic mass is 10.2. The zero-order valence-corrected chi connectivity index (χ0v) is 12.1. The maximum Gasteiger partial charge on any atom is 0.417 e. The monoisotopic (exact) mass is 310 g/mol. The van der Waals surface area contributed by atoms with Gasteiger partial charge in [0.15, 0.2) is 0 Å². The van der Waals surface area contributed by atoms with Crippen LogP contribution in [0.15, 0.2) is 48.7 Å². The van der Waals surface area contributed by atoms with Crippen LogP contribution in [0, 0.1) is 0 Å². The average Bonchev–Trinajstić information content (AvgIpc) is 2.48. The van der Waals surface area contributed by atoms with E-state index in [0.29, 0.717) is 19.0 Å². The van der Waals surface area contributed by atoms with E-state index in [1.165, 1.54) is 6.07 Å². The number of alkyl halides is 3. The van der Waals surface area contributed by atoms with Crippen LogP contribution in [0.1, 0.15) is 18.1 Å². The van der Waals surface area contributed by atoms with Gasteiger partial charge in [-0.05, 0) is 24.6 Å². The van der Waals surface area contributed by atoms with E-state index in [1.54, 1.807) is 0 Å². The number of halogens is 3. The minimum atomic E-state index is -4.37. The Bertz CT molecular complexity index is 570. The van der Waals surface area contributed by atoms with Crippen LogP contribution in [0.2, 0.25) is 0 Å². The SMILES string of the molecule is CC(COCc1ccccc1)Nc1ccc(C(F)(F)F)cn1. The molecular weight excluding hydrogens is 293 g/mol. The van der Waals surface area contributed by atoms with Crippen molar-refractivity contribution < 1.29 is 17.9 Å². The number of benzene rings is 1. The maximum absolute atomic E-state index is 12.4. The minimum Gasteiger partial charge on any atom is -0.375 e. The summed E-state index contributed by atoms with van der Waals surface area (Å²) in [7, 11) is 0. The number of aromatic nitrogens is 1. The number of nitrogens with one attached hydrogen (secondary N) is 1. The number of ether oxygens (including phenoxy) is 1. The van der Waals surface area contributed by atoms with Crippen molar-refractivity contribution in [1.82, 2.24) is 4.98 Å². The fourth-order valence-electron chi connectivity index (χ4n) is 1.87. The summed E-state index contributed by atoms with van der Waals surface area (Å²) in [5.41, 5.74) is 0.313. The summed E-state index contributed by atoms with van der Waals surface area (Å²) < 4.78 is 42.8. The summed E-state index contributed by atoms with van der Waals surface area (Å²) in [6.07, 6.45) is -3.55. The van der Waals surface area contributed by atoms with Gasteiger partial charge in [0, 0.05) is 12.2 Å². The number of anilines is 1. The lowest BCUT2D eigenvalue weighted by Crippen LogP contribution is -2.22. The van der Waals surface area contributed by atoms with Gasteiger partial charge in [-0.2, -0.15) is 13.2 Å². The van der Waals surface area contributed by atoms with Gasteiger partial charge >= 0.3 is 6.18 Å². The van der Waals surface area contributed by atoms with Crippen molar-refractivity contribution in [2.75, 3.05) is 11.9 Å².